The molecular weight excluding hydrogens is 284 g/mol. The maximum absolute atomic E-state index is 12.2. The Balaban J connectivity index is 1.61. The average Bonchev–Trinajstić information content (AvgIpc) is 2.63. The third-order valence-electron chi connectivity index (χ3n) is 4.10. The Kier molecular flexibility index (Phi) is 3.31. The Morgan fingerprint density at radius 2 is 1.30 bits per heavy atom. The summed E-state index contributed by atoms with van der Waals surface area (Å²) < 4.78 is 0. The van der Waals surface area contributed by atoms with Gasteiger partial charge in [-0.2, -0.15) is 0 Å². The molecule has 1 aliphatic rings. The molecule has 3 nitrogen and oxygen atoms in total. The van der Waals surface area contributed by atoms with Crippen molar-refractivity contribution in [3.63, 3.8) is 0 Å². The van der Waals surface area contributed by atoms with Crippen LogP contribution in [0.5, 0.6) is 0 Å². The fourth-order valence-corrected chi connectivity index (χ4v) is 2.87. The number of anilines is 1. The Labute approximate surface area is 135 Å². The molecule has 0 fully saturated rings. The van der Waals surface area contributed by atoms with Crippen LogP contribution in [0.15, 0.2) is 78.9 Å². The smallest absolute Gasteiger partial charge is 0.255 e. The average molecular weight is 300 g/mol. The maximum Gasteiger partial charge on any atom is 0.255 e. The van der Waals surface area contributed by atoms with E-state index in [4.69, 9.17) is 0 Å². The van der Waals surface area contributed by atoms with E-state index < -0.39 is 0 Å². The summed E-state index contributed by atoms with van der Waals surface area (Å²) in [5.74, 6) is -0.0449. The van der Waals surface area contributed by atoms with Crippen LogP contribution < -0.4 is 10.6 Å². The number of nitrogens with one attached hydrogen (secondary N) is 2. The van der Waals surface area contributed by atoms with Gasteiger partial charge in [0.15, 0.2) is 0 Å². The van der Waals surface area contributed by atoms with E-state index in [2.05, 4.69) is 34.9 Å². The van der Waals surface area contributed by atoms with Crippen molar-refractivity contribution in [3.05, 3.63) is 90.0 Å². The molecule has 0 saturated carbocycles. The summed E-state index contributed by atoms with van der Waals surface area (Å²) in [6.45, 7) is 0. The second kappa shape index (κ2) is 5.61. The Hall–Kier alpha value is -3.07. The van der Waals surface area contributed by atoms with Gasteiger partial charge >= 0.3 is 0 Å². The van der Waals surface area contributed by atoms with Crippen LogP contribution in [0, 0.1) is 0 Å². The zero-order chi connectivity index (χ0) is 15.6. The number of hydrogen-bond acceptors (Lipinski definition) is 2. The van der Waals surface area contributed by atoms with Crippen LogP contribution in [0.2, 0.25) is 0 Å². The first-order chi connectivity index (χ1) is 11.3. The Morgan fingerprint density at radius 3 is 2.09 bits per heavy atom. The zero-order valence-electron chi connectivity index (χ0n) is 12.5. The van der Waals surface area contributed by atoms with E-state index in [1.807, 2.05) is 54.6 Å². The van der Waals surface area contributed by atoms with Gasteiger partial charge in [0.2, 0.25) is 0 Å². The van der Waals surface area contributed by atoms with Crippen molar-refractivity contribution >= 4 is 11.6 Å². The van der Waals surface area contributed by atoms with Crippen LogP contribution in [0.1, 0.15) is 22.1 Å². The van der Waals surface area contributed by atoms with E-state index >= 15 is 0 Å². The van der Waals surface area contributed by atoms with E-state index in [1.165, 1.54) is 5.56 Å². The summed E-state index contributed by atoms with van der Waals surface area (Å²) >= 11 is 0. The van der Waals surface area contributed by atoms with Crippen LogP contribution in [-0.2, 0) is 0 Å². The fourth-order valence-electron chi connectivity index (χ4n) is 2.87. The monoisotopic (exact) mass is 300 g/mol. The molecule has 0 radical (unpaired) electrons. The van der Waals surface area contributed by atoms with Gasteiger partial charge in [0.25, 0.3) is 5.91 Å². The molecule has 1 atom stereocenters. The molecule has 3 aromatic carbocycles. The molecule has 3 heteroatoms. The number of amides is 1. The van der Waals surface area contributed by atoms with Gasteiger partial charge in [-0.25, -0.2) is 0 Å². The van der Waals surface area contributed by atoms with Crippen LogP contribution in [0.4, 0.5) is 5.69 Å². The van der Waals surface area contributed by atoms with Gasteiger partial charge < -0.3 is 10.6 Å². The first-order valence-corrected chi connectivity index (χ1v) is 7.63. The van der Waals surface area contributed by atoms with Gasteiger partial charge in [0, 0.05) is 5.69 Å². The molecule has 0 aliphatic carbocycles. The molecule has 0 bridgehead atoms. The molecule has 1 unspecified atom stereocenters. The predicted molar refractivity (Wildman–Crippen MR) is 92.1 cm³/mol. The van der Waals surface area contributed by atoms with Crippen molar-refractivity contribution in [2.45, 2.75) is 6.17 Å². The SMILES string of the molecule is O=C1NC(c2ccc(-c3ccccc3)cc2)Nc2ccccc21. The van der Waals surface area contributed by atoms with Gasteiger partial charge in [-0.3, -0.25) is 4.79 Å². The van der Waals surface area contributed by atoms with Gasteiger partial charge in [0.05, 0.1) is 5.56 Å². The lowest BCUT2D eigenvalue weighted by atomic mass is 10.0. The van der Waals surface area contributed by atoms with E-state index in [9.17, 15) is 4.79 Å². The topological polar surface area (TPSA) is 41.1 Å². The summed E-state index contributed by atoms with van der Waals surface area (Å²) in [7, 11) is 0. The van der Waals surface area contributed by atoms with Crippen LogP contribution >= 0.6 is 0 Å². The molecule has 1 aliphatic heterocycles. The van der Waals surface area contributed by atoms with Crippen molar-refractivity contribution in [2.24, 2.45) is 0 Å². The van der Waals surface area contributed by atoms with Gasteiger partial charge in [-0.15, -0.1) is 0 Å². The highest BCUT2D eigenvalue weighted by molar-refractivity contribution is 6.01. The number of para-hydroxylation sites is 1. The van der Waals surface area contributed by atoms with Crippen molar-refractivity contribution < 1.29 is 4.79 Å². The summed E-state index contributed by atoms with van der Waals surface area (Å²) in [6, 6.07) is 26.1. The Morgan fingerprint density at radius 1 is 0.652 bits per heavy atom. The van der Waals surface area contributed by atoms with Gasteiger partial charge in [0.1, 0.15) is 6.17 Å². The maximum atomic E-state index is 12.2. The minimum atomic E-state index is -0.206. The number of fused-ring (bicyclic) bond motifs is 1. The normalized spacial score (nSPS) is 16.2. The Bertz CT molecular complexity index is 841. The molecule has 0 aromatic heterocycles. The van der Waals surface area contributed by atoms with E-state index in [-0.39, 0.29) is 12.1 Å². The quantitative estimate of drug-likeness (QED) is 0.744. The minimum absolute atomic E-state index is 0.0449. The lowest BCUT2D eigenvalue weighted by molar-refractivity contribution is 0.0935. The lowest BCUT2D eigenvalue weighted by Crippen LogP contribution is -2.38. The zero-order valence-corrected chi connectivity index (χ0v) is 12.5. The summed E-state index contributed by atoms with van der Waals surface area (Å²) in [5, 5.41) is 6.37. The molecule has 23 heavy (non-hydrogen) atoms. The summed E-state index contributed by atoms with van der Waals surface area (Å²) in [5.41, 5.74) is 4.94. The highest BCUT2D eigenvalue weighted by Crippen LogP contribution is 2.27. The molecule has 4 rings (SSSR count). The molecule has 0 saturated heterocycles. The van der Waals surface area contributed by atoms with E-state index in [1.54, 1.807) is 0 Å². The highest BCUT2D eigenvalue weighted by Gasteiger charge is 2.23. The first-order valence-electron chi connectivity index (χ1n) is 7.63. The lowest BCUT2D eigenvalue weighted by Gasteiger charge is -2.28. The second-order valence-corrected chi connectivity index (χ2v) is 5.58. The second-order valence-electron chi connectivity index (χ2n) is 5.58. The molecule has 3 aromatic rings. The summed E-state index contributed by atoms with van der Waals surface area (Å²) in [4.78, 5) is 12.2. The minimum Gasteiger partial charge on any atom is -0.361 e. The number of carbonyl (C=O) groups excluding carboxylic acids is 1. The number of benzene rings is 3. The molecule has 112 valence electrons. The van der Waals surface area contributed by atoms with E-state index in [0.717, 1.165) is 16.8 Å². The molecule has 2 N–H and O–H groups in total. The third-order valence-corrected chi connectivity index (χ3v) is 4.10. The molecular formula is C20H16N2O. The molecule has 0 spiro atoms. The largest absolute Gasteiger partial charge is 0.361 e. The van der Waals surface area contributed by atoms with Gasteiger partial charge in [-0.1, -0.05) is 66.7 Å². The van der Waals surface area contributed by atoms with Crippen LogP contribution in [0.25, 0.3) is 11.1 Å². The van der Waals surface area contributed by atoms with Crippen LogP contribution in [0.3, 0.4) is 0 Å². The molecule has 1 heterocycles. The first kappa shape index (κ1) is 13.6. The molecule has 1 amide bonds. The van der Waals surface area contributed by atoms with Crippen molar-refractivity contribution in [1.29, 1.82) is 0 Å². The van der Waals surface area contributed by atoms with Crippen molar-refractivity contribution in [3.8, 4) is 11.1 Å². The third kappa shape index (κ3) is 2.57. The van der Waals surface area contributed by atoms with Crippen molar-refractivity contribution in [2.75, 3.05) is 5.32 Å². The predicted octanol–water partition coefficient (Wildman–Crippen LogP) is 4.21. The summed E-state index contributed by atoms with van der Waals surface area (Å²) in [6.07, 6.45) is -0.206. The fraction of sp³-hybridized carbons (Fsp3) is 0.0500. The number of hydrogen-bond donors (Lipinski definition) is 2. The number of rotatable bonds is 2. The van der Waals surface area contributed by atoms with E-state index in [0.29, 0.717) is 5.56 Å². The van der Waals surface area contributed by atoms with Crippen molar-refractivity contribution in [1.82, 2.24) is 5.32 Å². The number of carbonyl (C=O) groups is 1. The van der Waals surface area contributed by atoms with Gasteiger partial charge in [-0.05, 0) is 28.8 Å². The standard InChI is InChI=1S/C20H16N2O/c23-20-17-8-4-5-9-18(17)21-19(22-20)16-12-10-15(11-13-16)14-6-2-1-3-7-14/h1-13,19,21H,(H,22,23). The van der Waals surface area contributed by atoms with Crippen LogP contribution in [-0.4, -0.2) is 5.91 Å². The highest BCUT2D eigenvalue weighted by atomic mass is 16.2.